The number of carbonyl (C=O) groups is 1. The van der Waals surface area contributed by atoms with Crippen molar-refractivity contribution >= 4 is 29.2 Å². The van der Waals surface area contributed by atoms with Crippen LogP contribution in [0.25, 0.3) is 0 Å². The molecule has 0 atom stereocenters. The number of halogens is 3. The monoisotopic (exact) mass is 469 g/mol. The van der Waals surface area contributed by atoms with Crippen molar-refractivity contribution in [3.05, 3.63) is 82.9 Å². The number of hydrazone groups is 1. The highest BCUT2D eigenvalue weighted by Gasteiger charge is 2.30. The molecule has 0 radical (unpaired) electrons. The molecule has 7 nitrogen and oxygen atoms in total. The smallest absolute Gasteiger partial charge is 0.416 e. The van der Waals surface area contributed by atoms with Gasteiger partial charge in [-0.05, 0) is 61.4 Å². The molecule has 0 aliphatic carbocycles. The Morgan fingerprint density at radius 2 is 1.62 bits per heavy atom. The van der Waals surface area contributed by atoms with Gasteiger partial charge in [0.2, 0.25) is 0 Å². The zero-order valence-electron chi connectivity index (χ0n) is 18.4. The van der Waals surface area contributed by atoms with Gasteiger partial charge in [-0.25, -0.2) is 5.43 Å². The highest BCUT2D eigenvalue weighted by Crippen LogP contribution is 2.32. The first-order valence-corrected chi connectivity index (χ1v) is 10.2. The summed E-state index contributed by atoms with van der Waals surface area (Å²) in [5.41, 5.74) is 4.98. The van der Waals surface area contributed by atoms with Gasteiger partial charge in [0.1, 0.15) is 5.75 Å². The molecule has 0 aromatic heterocycles. The highest BCUT2D eigenvalue weighted by molar-refractivity contribution is 5.87. The van der Waals surface area contributed by atoms with E-state index in [4.69, 9.17) is 0 Å². The fraction of sp³-hybridized carbons (Fsp3) is 0.167. The molecule has 0 saturated heterocycles. The summed E-state index contributed by atoms with van der Waals surface area (Å²) in [5, 5.41) is 24.6. The number of amides is 1. The third kappa shape index (κ3) is 6.64. The van der Waals surface area contributed by atoms with Crippen LogP contribution >= 0.6 is 0 Å². The highest BCUT2D eigenvalue weighted by atomic mass is 19.4. The number of para-hydroxylation sites is 1. The SMILES string of the molecule is Cc1cccc(C)c1NCC(=O)N/N=C\c1cc(N=Nc2cccc(C(F)(F)F)c2)ccc1O. The number of rotatable bonds is 7. The first kappa shape index (κ1) is 24.4. The minimum Gasteiger partial charge on any atom is -0.507 e. The number of azo groups is 1. The van der Waals surface area contributed by atoms with E-state index >= 15 is 0 Å². The summed E-state index contributed by atoms with van der Waals surface area (Å²) in [7, 11) is 0. The first-order valence-electron chi connectivity index (χ1n) is 10.2. The van der Waals surface area contributed by atoms with Gasteiger partial charge in [0.15, 0.2) is 0 Å². The van der Waals surface area contributed by atoms with Crippen LogP contribution in [0.1, 0.15) is 22.3 Å². The van der Waals surface area contributed by atoms with E-state index < -0.39 is 17.6 Å². The molecule has 0 aliphatic rings. The largest absolute Gasteiger partial charge is 0.507 e. The Hall–Kier alpha value is -4.21. The molecule has 0 heterocycles. The van der Waals surface area contributed by atoms with Crippen molar-refractivity contribution in [1.29, 1.82) is 0 Å². The summed E-state index contributed by atoms with van der Waals surface area (Å²) >= 11 is 0. The predicted molar refractivity (Wildman–Crippen MR) is 124 cm³/mol. The van der Waals surface area contributed by atoms with Gasteiger partial charge in [-0.15, -0.1) is 0 Å². The van der Waals surface area contributed by atoms with Crippen molar-refractivity contribution in [3.8, 4) is 5.75 Å². The van der Waals surface area contributed by atoms with E-state index in [0.29, 0.717) is 0 Å². The van der Waals surface area contributed by atoms with Gasteiger partial charge in [0.05, 0.1) is 29.7 Å². The molecule has 1 amide bonds. The van der Waals surface area contributed by atoms with Crippen molar-refractivity contribution in [2.45, 2.75) is 20.0 Å². The van der Waals surface area contributed by atoms with Crippen molar-refractivity contribution in [3.63, 3.8) is 0 Å². The Bertz CT molecular complexity index is 1220. The maximum atomic E-state index is 12.8. The number of alkyl halides is 3. The average molecular weight is 469 g/mol. The van der Waals surface area contributed by atoms with E-state index in [1.807, 2.05) is 32.0 Å². The van der Waals surface area contributed by atoms with E-state index in [0.717, 1.165) is 28.9 Å². The second-order valence-corrected chi connectivity index (χ2v) is 7.40. The molecule has 0 saturated carbocycles. The van der Waals surface area contributed by atoms with Crippen LogP contribution in [0.2, 0.25) is 0 Å². The normalized spacial score (nSPS) is 11.8. The van der Waals surface area contributed by atoms with E-state index in [-0.39, 0.29) is 29.2 Å². The van der Waals surface area contributed by atoms with Crippen molar-refractivity contribution in [2.24, 2.45) is 15.3 Å². The van der Waals surface area contributed by atoms with Crippen molar-refractivity contribution in [2.75, 3.05) is 11.9 Å². The summed E-state index contributed by atoms with van der Waals surface area (Å²) in [6, 6.07) is 14.5. The number of nitrogens with one attached hydrogen (secondary N) is 2. The van der Waals surface area contributed by atoms with Crippen LogP contribution in [0, 0.1) is 13.8 Å². The maximum absolute atomic E-state index is 12.8. The topological polar surface area (TPSA) is 98.4 Å². The summed E-state index contributed by atoms with van der Waals surface area (Å²) in [4.78, 5) is 12.1. The third-order valence-electron chi connectivity index (χ3n) is 4.77. The second kappa shape index (κ2) is 10.6. The minimum absolute atomic E-state index is 0.000256. The quantitative estimate of drug-likeness (QED) is 0.225. The van der Waals surface area contributed by atoms with E-state index in [9.17, 15) is 23.1 Å². The van der Waals surface area contributed by atoms with Crippen LogP contribution in [0.3, 0.4) is 0 Å². The van der Waals surface area contributed by atoms with Gasteiger partial charge in [-0.2, -0.15) is 28.5 Å². The lowest BCUT2D eigenvalue weighted by molar-refractivity contribution is -0.137. The van der Waals surface area contributed by atoms with Crippen molar-refractivity contribution < 1.29 is 23.1 Å². The molecule has 3 rings (SSSR count). The predicted octanol–water partition coefficient (Wildman–Crippen LogP) is 6.01. The molecule has 3 N–H and O–H groups in total. The van der Waals surface area contributed by atoms with E-state index in [1.54, 1.807) is 0 Å². The Morgan fingerprint density at radius 1 is 0.971 bits per heavy atom. The van der Waals surface area contributed by atoms with Gasteiger partial charge in [-0.1, -0.05) is 24.3 Å². The number of nitrogens with zero attached hydrogens (tertiary/aromatic N) is 3. The fourth-order valence-electron chi connectivity index (χ4n) is 3.04. The number of anilines is 1. The van der Waals surface area contributed by atoms with Crippen LogP contribution in [0.15, 0.2) is 76.0 Å². The number of phenolic OH excluding ortho intramolecular Hbond substituents is 1. The molecular formula is C24H22F3N5O2. The van der Waals surface area contributed by atoms with Crippen LogP contribution in [-0.4, -0.2) is 23.8 Å². The molecule has 0 aliphatic heterocycles. The maximum Gasteiger partial charge on any atom is 0.416 e. The molecular weight excluding hydrogens is 447 g/mol. The summed E-state index contributed by atoms with van der Waals surface area (Å²) in [6.45, 7) is 3.87. The number of aromatic hydroxyl groups is 1. The lowest BCUT2D eigenvalue weighted by atomic mass is 10.1. The first-order chi connectivity index (χ1) is 16.1. The molecule has 0 bridgehead atoms. The van der Waals surface area contributed by atoms with Crippen LogP contribution in [-0.2, 0) is 11.0 Å². The molecule has 0 spiro atoms. The fourth-order valence-corrected chi connectivity index (χ4v) is 3.04. The lowest BCUT2D eigenvalue weighted by Gasteiger charge is -2.11. The molecule has 34 heavy (non-hydrogen) atoms. The van der Waals surface area contributed by atoms with Gasteiger partial charge >= 0.3 is 6.18 Å². The molecule has 3 aromatic rings. The van der Waals surface area contributed by atoms with E-state index in [2.05, 4.69) is 26.1 Å². The number of benzene rings is 3. The van der Waals surface area contributed by atoms with Gasteiger partial charge in [0.25, 0.3) is 5.91 Å². The molecule has 0 unspecified atom stereocenters. The van der Waals surface area contributed by atoms with Crippen LogP contribution in [0.4, 0.5) is 30.2 Å². The number of aryl methyl sites for hydroxylation is 2. The summed E-state index contributed by atoms with van der Waals surface area (Å²) in [5.74, 6) is -0.511. The standard InChI is InChI=1S/C24H22F3N5O2/c1-15-5-3-6-16(2)23(15)28-14-22(34)32-29-13-17-11-20(9-10-21(17)33)31-30-19-8-4-7-18(12-19)24(25,26)27/h3-13,28,33H,14H2,1-2H3,(H,32,34)/b29-13-,31-30?. The number of hydrogen-bond donors (Lipinski definition) is 3. The number of hydrogen-bond acceptors (Lipinski definition) is 6. The Labute approximate surface area is 194 Å². The molecule has 3 aromatic carbocycles. The molecule has 0 fully saturated rings. The van der Waals surface area contributed by atoms with E-state index in [1.165, 1.54) is 36.5 Å². The minimum atomic E-state index is -4.48. The number of phenols is 1. The zero-order valence-corrected chi connectivity index (χ0v) is 18.4. The summed E-state index contributed by atoms with van der Waals surface area (Å²) in [6.07, 6.45) is -3.25. The Morgan fingerprint density at radius 3 is 2.29 bits per heavy atom. The van der Waals surface area contributed by atoms with Crippen LogP contribution < -0.4 is 10.7 Å². The number of carbonyl (C=O) groups excluding carboxylic acids is 1. The second-order valence-electron chi connectivity index (χ2n) is 7.40. The molecule has 176 valence electrons. The zero-order chi connectivity index (χ0) is 24.7. The lowest BCUT2D eigenvalue weighted by Crippen LogP contribution is -2.26. The van der Waals surface area contributed by atoms with Crippen molar-refractivity contribution in [1.82, 2.24) is 5.43 Å². The molecule has 10 heteroatoms. The Balaban J connectivity index is 1.62. The Kier molecular flexibility index (Phi) is 7.62. The third-order valence-corrected chi connectivity index (χ3v) is 4.77. The van der Waals surface area contributed by atoms with Gasteiger partial charge in [-0.3, -0.25) is 4.79 Å². The van der Waals surface area contributed by atoms with Gasteiger partial charge in [0, 0.05) is 11.3 Å². The van der Waals surface area contributed by atoms with Gasteiger partial charge < -0.3 is 10.4 Å². The average Bonchev–Trinajstić information content (AvgIpc) is 2.78. The summed E-state index contributed by atoms with van der Waals surface area (Å²) < 4.78 is 38.5. The van der Waals surface area contributed by atoms with Crippen LogP contribution in [0.5, 0.6) is 5.75 Å².